The first-order chi connectivity index (χ1) is 6.16. The molecule has 0 atom stereocenters. The van der Waals surface area contributed by atoms with E-state index in [1.807, 2.05) is 0 Å². The molecule has 1 heterocycles. The van der Waals surface area contributed by atoms with Gasteiger partial charge < -0.3 is 5.73 Å². The molecule has 0 unspecified atom stereocenters. The number of nitrogen functional groups attached to an aromatic ring is 1. The summed E-state index contributed by atoms with van der Waals surface area (Å²) in [4.78, 5) is 4.11. The minimum Gasteiger partial charge on any atom is -0.397 e. The average Bonchev–Trinajstić information content (AvgIpc) is 2.02. The van der Waals surface area contributed by atoms with Crippen molar-refractivity contribution in [3.8, 4) is 0 Å². The molecular weight excluding hydrogens is 207 g/mol. The molecule has 0 radical (unpaired) electrons. The third-order valence-corrected chi connectivity index (χ3v) is 2.23. The number of hydrogen-bond donors (Lipinski definition) is 1. The first-order valence-corrected chi connectivity index (χ1v) is 4.43. The minimum absolute atomic E-state index is 0.544. The maximum atomic E-state index is 5.93. The maximum Gasteiger partial charge on any atom is 0.0890 e. The van der Waals surface area contributed by atoms with Gasteiger partial charge in [-0.3, -0.25) is 4.98 Å². The Labute approximate surface area is 85.3 Å². The van der Waals surface area contributed by atoms with E-state index < -0.39 is 0 Å². The first-order valence-electron chi connectivity index (χ1n) is 3.67. The van der Waals surface area contributed by atoms with Crippen LogP contribution in [-0.2, 0) is 0 Å². The highest BCUT2D eigenvalue weighted by Gasteiger charge is 2.02. The molecular formula is C9H6Cl2N2. The summed E-state index contributed by atoms with van der Waals surface area (Å²) >= 11 is 11.8. The smallest absolute Gasteiger partial charge is 0.0890 e. The van der Waals surface area contributed by atoms with Gasteiger partial charge in [-0.2, -0.15) is 0 Å². The molecule has 2 rings (SSSR count). The molecule has 2 aromatic rings. The molecule has 13 heavy (non-hydrogen) atoms. The summed E-state index contributed by atoms with van der Waals surface area (Å²) in [7, 11) is 0. The number of anilines is 1. The Bertz CT molecular complexity index is 463. The van der Waals surface area contributed by atoms with Gasteiger partial charge in [0.1, 0.15) is 0 Å². The summed E-state index contributed by atoms with van der Waals surface area (Å²) in [6, 6.07) is 5.24. The van der Waals surface area contributed by atoms with Crippen LogP contribution in [0.15, 0.2) is 24.4 Å². The van der Waals surface area contributed by atoms with Crippen LogP contribution in [0.1, 0.15) is 0 Å². The largest absolute Gasteiger partial charge is 0.397 e. The molecule has 4 heteroatoms. The van der Waals surface area contributed by atoms with Crippen LogP contribution < -0.4 is 5.73 Å². The molecule has 0 aliphatic rings. The summed E-state index contributed by atoms with van der Waals surface area (Å²) in [6.07, 6.45) is 1.57. The summed E-state index contributed by atoms with van der Waals surface area (Å²) in [5.74, 6) is 0. The fourth-order valence-electron chi connectivity index (χ4n) is 1.19. The van der Waals surface area contributed by atoms with Crippen LogP contribution in [0.4, 0.5) is 5.69 Å². The lowest BCUT2D eigenvalue weighted by Gasteiger charge is -2.01. The lowest BCUT2D eigenvalue weighted by atomic mass is 10.2. The third kappa shape index (κ3) is 1.55. The van der Waals surface area contributed by atoms with Crippen LogP contribution in [0.25, 0.3) is 10.9 Å². The fraction of sp³-hybridized carbons (Fsp3) is 0. The molecule has 0 bridgehead atoms. The Balaban J connectivity index is 2.86. The standard InChI is InChI=1S/C9H6Cl2N2/c10-6-1-5-2-7(12)4-13-9(5)8(11)3-6/h1-4H,12H2. The van der Waals surface area contributed by atoms with Gasteiger partial charge in [-0.05, 0) is 18.2 Å². The predicted octanol–water partition coefficient (Wildman–Crippen LogP) is 3.12. The third-order valence-electron chi connectivity index (χ3n) is 1.72. The van der Waals surface area contributed by atoms with E-state index >= 15 is 0 Å². The highest BCUT2D eigenvalue weighted by molar-refractivity contribution is 6.38. The second-order valence-corrected chi connectivity index (χ2v) is 3.57. The number of rotatable bonds is 0. The van der Waals surface area contributed by atoms with Crippen molar-refractivity contribution in [2.45, 2.75) is 0 Å². The van der Waals surface area contributed by atoms with Crippen molar-refractivity contribution in [3.63, 3.8) is 0 Å². The van der Waals surface area contributed by atoms with Crippen molar-refractivity contribution in [3.05, 3.63) is 34.4 Å². The maximum absolute atomic E-state index is 5.93. The Kier molecular flexibility index (Phi) is 2.02. The van der Waals surface area contributed by atoms with Gasteiger partial charge in [0.25, 0.3) is 0 Å². The molecule has 0 amide bonds. The highest BCUT2D eigenvalue weighted by atomic mass is 35.5. The van der Waals surface area contributed by atoms with E-state index in [2.05, 4.69) is 4.98 Å². The number of aromatic nitrogens is 1. The van der Waals surface area contributed by atoms with Crippen LogP contribution in [0.3, 0.4) is 0 Å². The van der Waals surface area contributed by atoms with E-state index in [0.717, 1.165) is 10.9 Å². The van der Waals surface area contributed by atoms with Crippen molar-refractivity contribution < 1.29 is 0 Å². The number of nitrogens with two attached hydrogens (primary N) is 1. The number of hydrogen-bond acceptors (Lipinski definition) is 2. The molecule has 0 saturated heterocycles. The number of fused-ring (bicyclic) bond motifs is 1. The molecule has 1 aromatic heterocycles. The number of nitrogens with zero attached hydrogens (tertiary/aromatic N) is 1. The summed E-state index contributed by atoms with van der Waals surface area (Å²) in [5.41, 5.74) is 6.90. The monoisotopic (exact) mass is 212 g/mol. The van der Waals surface area contributed by atoms with E-state index in [4.69, 9.17) is 28.9 Å². The van der Waals surface area contributed by atoms with Gasteiger partial charge in [-0.25, -0.2) is 0 Å². The Morgan fingerprint density at radius 1 is 1.15 bits per heavy atom. The molecule has 2 nitrogen and oxygen atoms in total. The summed E-state index contributed by atoms with van der Waals surface area (Å²) < 4.78 is 0. The van der Waals surface area contributed by atoms with Crippen LogP contribution in [0.2, 0.25) is 10.0 Å². The topological polar surface area (TPSA) is 38.9 Å². The molecule has 0 fully saturated rings. The van der Waals surface area contributed by atoms with Crippen LogP contribution >= 0.6 is 23.2 Å². The summed E-state index contributed by atoms with van der Waals surface area (Å²) in [6.45, 7) is 0. The molecule has 2 N–H and O–H groups in total. The zero-order valence-electron chi connectivity index (χ0n) is 6.59. The number of benzene rings is 1. The zero-order valence-corrected chi connectivity index (χ0v) is 8.10. The normalized spacial score (nSPS) is 10.6. The van der Waals surface area contributed by atoms with E-state index in [1.54, 1.807) is 24.4 Å². The fourth-order valence-corrected chi connectivity index (χ4v) is 1.75. The molecule has 0 aliphatic heterocycles. The quantitative estimate of drug-likeness (QED) is 0.730. The van der Waals surface area contributed by atoms with E-state index in [-0.39, 0.29) is 0 Å². The van der Waals surface area contributed by atoms with E-state index in [0.29, 0.717) is 15.7 Å². The van der Waals surface area contributed by atoms with Gasteiger partial charge in [0, 0.05) is 10.4 Å². The van der Waals surface area contributed by atoms with Gasteiger partial charge >= 0.3 is 0 Å². The van der Waals surface area contributed by atoms with Gasteiger partial charge in [-0.15, -0.1) is 0 Å². The molecule has 66 valence electrons. The average molecular weight is 213 g/mol. The lowest BCUT2D eigenvalue weighted by molar-refractivity contribution is 1.41. The lowest BCUT2D eigenvalue weighted by Crippen LogP contribution is -1.87. The van der Waals surface area contributed by atoms with Crippen molar-refractivity contribution >= 4 is 39.8 Å². The van der Waals surface area contributed by atoms with Crippen LogP contribution in [0.5, 0.6) is 0 Å². The number of halogens is 2. The zero-order chi connectivity index (χ0) is 9.42. The van der Waals surface area contributed by atoms with Crippen LogP contribution in [-0.4, -0.2) is 4.98 Å². The van der Waals surface area contributed by atoms with Gasteiger partial charge in [-0.1, -0.05) is 23.2 Å². The second kappa shape index (κ2) is 3.05. The van der Waals surface area contributed by atoms with Crippen molar-refractivity contribution in [1.82, 2.24) is 4.98 Å². The highest BCUT2D eigenvalue weighted by Crippen LogP contribution is 2.26. The predicted molar refractivity (Wildman–Crippen MR) is 56.2 cm³/mol. The summed E-state index contributed by atoms with van der Waals surface area (Å²) in [5, 5.41) is 1.99. The molecule has 0 saturated carbocycles. The molecule has 0 aliphatic carbocycles. The van der Waals surface area contributed by atoms with Crippen molar-refractivity contribution in [2.24, 2.45) is 0 Å². The molecule has 1 aromatic carbocycles. The van der Waals surface area contributed by atoms with Gasteiger partial charge in [0.2, 0.25) is 0 Å². The Morgan fingerprint density at radius 2 is 1.92 bits per heavy atom. The molecule has 0 spiro atoms. The Hall–Kier alpha value is -0.990. The van der Waals surface area contributed by atoms with E-state index in [1.165, 1.54) is 0 Å². The SMILES string of the molecule is Nc1cnc2c(Cl)cc(Cl)cc2c1. The van der Waals surface area contributed by atoms with Gasteiger partial charge in [0.15, 0.2) is 0 Å². The van der Waals surface area contributed by atoms with Gasteiger partial charge in [0.05, 0.1) is 22.4 Å². The van der Waals surface area contributed by atoms with Crippen LogP contribution in [0, 0.1) is 0 Å². The van der Waals surface area contributed by atoms with Crippen molar-refractivity contribution in [2.75, 3.05) is 5.73 Å². The van der Waals surface area contributed by atoms with Crippen molar-refractivity contribution in [1.29, 1.82) is 0 Å². The van der Waals surface area contributed by atoms with E-state index in [9.17, 15) is 0 Å². The Morgan fingerprint density at radius 3 is 2.69 bits per heavy atom. The minimum atomic E-state index is 0.544. The first kappa shape index (κ1) is 8.60. The second-order valence-electron chi connectivity index (χ2n) is 2.73. The number of pyridine rings is 1.